The van der Waals surface area contributed by atoms with E-state index in [4.69, 9.17) is 4.74 Å². The van der Waals surface area contributed by atoms with Crippen molar-refractivity contribution in [2.24, 2.45) is 0 Å². The van der Waals surface area contributed by atoms with Crippen molar-refractivity contribution in [2.75, 3.05) is 6.61 Å². The molecule has 1 atom stereocenters. The van der Waals surface area contributed by atoms with Crippen LogP contribution in [-0.2, 0) is 4.74 Å². The smallest absolute Gasteiger partial charge is 0.365 e. The third kappa shape index (κ3) is 7.96. The number of alkyl halides is 3. The molecular weight excluding hydrogens is 281 g/mol. The van der Waals surface area contributed by atoms with E-state index < -0.39 is 26.8 Å². The Morgan fingerprint density at radius 1 is 1.15 bits per heavy atom. The second-order valence-electron chi connectivity index (χ2n) is 6.68. The summed E-state index contributed by atoms with van der Waals surface area (Å²) in [5, 5.41) is 0.0339. The molecule has 0 N–H and O–H groups in total. The summed E-state index contributed by atoms with van der Waals surface area (Å²) in [6.45, 7) is 12.7. The first-order chi connectivity index (χ1) is 8.89. The van der Waals surface area contributed by atoms with Gasteiger partial charge in [0.25, 0.3) is 0 Å². The van der Waals surface area contributed by atoms with Gasteiger partial charge >= 0.3 is 6.18 Å². The molecule has 20 heavy (non-hydrogen) atoms. The van der Waals surface area contributed by atoms with Crippen molar-refractivity contribution in [2.45, 2.75) is 77.4 Å². The van der Waals surface area contributed by atoms with Gasteiger partial charge in [0.2, 0.25) is 0 Å². The zero-order chi connectivity index (χ0) is 16.0. The molecule has 1 unspecified atom stereocenters. The number of hydrogen-bond donors (Lipinski definition) is 0. The molecule has 0 heterocycles. The normalized spacial score (nSPS) is 14.7. The molecule has 0 aromatic rings. The lowest BCUT2D eigenvalue weighted by Gasteiger charge is -2.31. The average molecular weight is 308 g/mol. The summed E-state index contributed by atoms with van der Waals surface area (Å²) in [5.41, 5.74) is 3.11. The summed E-state index contributed by atoms with van der Waals surface area (Å²) >= 11 is 0. The van der Waals surface area contributed by atoms with Gasteiger partial charge in [-0.15, -0.1) is 5.54 Å². The summed E-state index contributed by atoms with van der Waals surface area (Å²) in [4.78, 5) is 0. The Bertz CT molecular complexity index is 345. The number of ether oxygens (including phenoxy) is 1. The molecule has 118 valence electrons. The highest BCUT2D eigenvalue weighted by Gasteiger charge is 2.35. The minimum atomic E-state index is -4.24. The Labute approximate surface area is 122 Å². The van der Waals surface area contributed by atoms with E-state index in [0.717, 1.165) is 12.8 Å². The molecule has 0 fully saturated rings. The lowest BCUT2D eigenvalue weighted by molar-refractivity contribution is -0.153. The van der Waals surface area contributed by atoms with Crippen molar-refractivity contribution >= 4 is 8.07 Å². The maximum Gasteiger partial charge on any atom is 0.392 e. The van der Waals surface area contributed by atoms with Crippen LogP contribution in [0.3, 0.4) is 0 Å². The summed E-state index contributed by atoms with van der Waals surface area (Å²) in [5.74, 6) is 2.75. The van der Waals surface area contributed by atoms with E-state index in [0.29, 0.717) is 6.61 Å². The Morgan fingerprint density at radius 2 is 1.70 bits per heavy atom. The average Bonchev–Trinajstić information content (AvgIpc) is 2.22. The minimum absolute atomic E-state index is 0.0339. The summed E-state index contributed by atoms with van der Waals surface area (Å²) < 4.78 is 42.9. The highest BCUT2D eigenvalue weighted by Crippen LogP contribution is 2.35. The van der Waals surface area contributed by atoms with Gasteiger partial charge in [0, 0.05) is 6.61 Å². The van der Waals surface area contributed by atoms with Gasteiger partial charge in [0.15, 0.2) is 0 Å². The number of unbranched alkanes of at least 4 members (excludes halogenated alkanes) is 1. The largest absolute Gasteiger partial charge is 0.392 e. The molecule has 5 heteroatoms. The quantitative estimate of drug-likeness (QED) is 0.386. The lowest BCUT2D eigenvalue weighted by Crippen LogP contribution is -2.36. The maximum atomic E-state index is 12.5. The Hall–Kier alpha value is -0.473. The van der Waals surface area contributed by atoms with E-state index in [1.165, 1.54) is 0 Å². The second-order valence-corrected chi connectivity index (χ2v) is 11.7. The van der Waals surface area contributed by atoms with Crippen molar-refractivity contribution in [1.82, 2.24) is 0 Å². The van der Waals surface area contributed by atoms with Gasteiger partial charge in [-0.2, -0.15) is 13.2 Å². The molecule has 0 aliphatic rings. The first kappa shape index (κ1) is 19.5. The highest BCUT2D eigenvalue weighted by atomic mass is 28.3. The van der Waals surface area contributed by atoms with Crippen LogP contribution in [0.1, 0.15) is 47.0 Å². The van der Waals surface area contributed by atoms with Crippen molar-refractivity contribution in [3.63, 3.8) is 0 Å². The third-order valence-electron chi connectivity index (χ3n) is 3.65. The number of halogens is 3. The van der Waals surface area contributed by atoms with Gasteiger partial charge in [-0.3, -0.25) is 0 Å². The molecule has 0 saturated heterocycles. The molecule has 0 aromatic carbocycles. The fourth-order valence-corrected chi connectivity index (χ4v) is 2.08. The molecule has 0 bridgehead atoms. The van der Waals surface area contributed by atoms with Crippen LogP contribution < -0.4 is 0 Å². The van der Waals surface area contributed by atoms with Crippen molar-refractivity contribution in [3.8, 4) is 11.5 Å². The van der Waals surface area contributed by atoms with E-state index in [1.54, 1.807) is 0 Å². The predicted molar refractivity (Wildman–Crippen MR) is 80.3 cm³/mol. The van der Waals surface area contributed by atoms with E-state index in [9.17, 15) is 13.2 Å². The molecule has 0 rings (SSSR count). The third-order valence-corrected chi connectivity index (χ3v) is 8.17. The van der Waals surface area contributed by atoms with Crippen LogP contribution in [0.4, 0.5) is 13.2 Å². The molecule has 0 spiro atoms. The van der Waals surface area contributed by atoms with Crippen molar-refractivity contribution < 1.29 is 17.9 Å². The Morgan fingerprint density at radius 3 is 2.10 bits per heavy atom. The van der Waals surface area contributed by atoms with Crippen LogP contribution in [0.2, 0.25) is 18.1 Å². The predicted octanol–water partition coefficient (Wildman–Crippen LogP) is 5.18. The van der Waals surface area contributed by atoms with Gasteiger partial charge in [-0.1, -0.05) is 53.1 Å². The van der Waals surface area contributed by atoms with Gasteiger partial charge in [-0.25, -0.2) is 0 Å². The van der Waals surface area contributed by atoms with Crippen LogP contribution in [0.25, 0.3) is 0 Å². The van der Waals surface area contributed by atoms with E-state index in [-0.39, 0.29) is 5.04 Å². The second kappa shape index (κ2) is 7.51. The molecule has 0 radical (unpaired) electrons. The van der Waals surface area contributed by atoms with Gasteiger partial charge in [0.05, 0.1) is 6.42 Å². The molecule has 0 aliphatic carbocycles. The standard InChI is InChI=1S/C15H27F3OSi/c1-7-8-10-19-13(12-15(16,17)18)9-11-20(5,6)14(2,3)4/h13H,7-8,10,12H2,1-6H3. The molecule has 0 amide bonds. The minimum Gasteiger partial charge on any atom is -0.365 e. The number of rotatable bonds is 5. The topological polar surface area (TPSA) is 9.23 Å². The monoisotopic (exact) mass is 308 g/mol. The van der Waals surface area contributed by atoms with Gasteiger partial charge in [0.1, 0.15) is 14.2 Å². The van der Waals surface area contributed by atoms with E-state index in [2.05, 4.69) is 45.3 Å². The van der Waals surface area contributed by atoms with Crippen LogP contribution in [0.5, 0.6) is 0 Å². The highest BCUT2D eigenvalue weighted by molar-refractivity contribution is 6.87. The zero-order valence-corrected chi connectivity index (χ0v) is 14.4. The zero-order valence-electron chi connectivity index (χ0n) is 13.4. The van der Waals surface area contributed by atoms with E-state index >= 15 is 0 Å². The molecule has 0 aromatic heterocycles. The van der Waals surface area contributed by atoms with Crippen molar-refractivity contribution in [1.29, 1.82) is 0 Å². The van der Waals surface area contributed by atoms with Crippen LogP contribution in [0, 0.1) is 11.5 Å². The Balaban J connectivity index is 4.89. The van der Waals surface area contributed by atoms with Crippen LogP contribution in [-0.4, -0.2) is 27.0 Å². The van der Waals surface area contributed by atoms with Crippen molar-refractivity contribution in [3.05, 3.63) is 0 Å². The summed E-state index contributed by atoms with van der Waals surface area (Å²) in [6.07, 6.45) is -4.60. The molecular formula is C15H27F3OSi. The lowest BCUT2D eigenvalue weighted by atomic mass is 10.2. The summed E-state index contributed by atoms with van der Waals surface area (Å²) in [7, 11) is -1.90. The molecule has 0 saturated carbocycles. The van der Waals surface area contributed by atoms with E-state index in [1.807, 2.05) is 6.92 Å². The molecule has 0 aliphatic heterocycles. The first-order valence-corrected chi connectivity index (χ1v) is 10.1. The maximum absolute atomic E-state index is 12.5. The van der Waals surface area contributed by atoms with Gasteiger partial charge in [-0.05, 0) is 11.5 Å². The fourth-order valence-electron chi connectivity index (χ4n) is 1.18. The molecule has 1 nitrogen and oxygen atoms in total. The SMILES string of the molecule is CCCCOC(C#C[Si](C)(C)C(C)(C)C)CC(F)(F)F. The van der Waals surface area contributed by atoms with Crippen LogP contribution in [0.15, 0.2) is 0 Å². The number of hydrogen-bond acceptors (Lipinski definition) is 1. The Kier molecular flexibility index (Phi) is 7.33. The summed E-state index contributed by atoms with van der Waals surface area (Å²) in [6, 6.07) is 0. The fraction of sp³-hybridized carbons (Fsp3) is 0.867. The first-order valence-electron chi connectivity index (χ1n) is 7.10. The van der Waals surface area contributed by atoms with Gasteiger partial charge < -0.3 is 4.74 Å². The van der Waals surface area contributed by atoms with Crippen LogP contribution >= 0.6 is 0 Å².